The summed E-state index contributed by atoms with van der Waals surface area (Å²) in [6.45, 7) is 2.07. The highest BCUT2D eigenvalue weighted by molar-refractivity contribution is 7.10. The molecular weight excluding hydrogens is 256 g/mol. The Morgan fingerprint density at radius 2 is 2.21 bits per heavy atom. The third-order valence-corrected chi connectivity index (χ3v) is 5.45. The molecule has 2 aliphatic rings. The lowest BCUT2D eigenvalue weighted by atomic mass is 9.89. The summed E-state index contributed by atoms with van der Waals surface area (Å²) in [5.41, 5.74) is 0. The second-order valence-electron chi connectivity index (χ2n) is 5.98. The van der Waals surface area contributed by atoms with Gasteiger partial charge in [0.05, 0.1) is 6.04 Å². The first kappa shape index (κ1) is 13.1. The standard InChI is InChI=1S/C15H22N2OS/c1-10(14-3-2-6-19-14)16-15(18)9-11-7-12-4-5-13(8-11)17-12/h2-3,6,10-13,17H,4-5,7-9H2,1H3,(H,16,18)/t10-,11?,12?,13?/m0/s1. The Bertz CT molecular complexity index is 419. The van der Waals surface area contributed by atoms with Gasteiger partial charge in [0.1, 0.15) is 0 Å². The number of piperidine rings is 1. The first-order valence-corrected chi connectivity index (χ1v) is 8.17. The van der Waals surface area contributed by atoms with Gasteiger partial charge in [-0.05, 0) is 50.0 Å². The molecule has 3 atom stereocenters. The number of thiophene rings is 1. The number of fused-ring (bicyclic) bond motifs is 2. The van der Waals surface area contributed by atoms with E-state index in [1.54, 1.807) is 11.3 Å². The van der Waals surface area contributed by atoms with Gasteiger partial charge < -0.3 is 10.6 Å². The topological polar surface area (TPSA) is 41.1 Å². The van der Waals surface area contributed by atoms with Crippen LogP contribution in [0.4, 0.5) is 0 Å². The average molecular weight is 278 g/mol. The summed E-state index contributed by atoms with van der Waals surface area (Å²) in [6.07, 6.45) is 5.65. The predicted molar refractivity (Wildman–Crippen MR) is 78.2 cm³/mol. The fraction of sp³-hybridized carbons (Fsp3) is 0.667. The van der Waals surface area contributed by atoms with Crippen LogP contribution in [0.3, 0.4) is 0 Å². The molecule has 4 heteroatoms. The van der Waals surface area contributed by atoms with Crippen LogP contribution in [0, 0.1) is 5.92 Å². The Balaban J connectivity index is 1.49. The number of rotatable bonds is 4. The molecule has 2 N–H and O–H groups in total. The van der Waals surface area contributed by atoms with Gasteiger partial charge in [-0.1, -0.05) is 6.07 Å². The molecule has 1 amide bonds. The molecule has 0 radical (unpaired) electrons. The minimum Gasteiger partial charge on any atom is -0.349 e. The van der Waals surface area contributed by atoms with Gasteiger partial charge in [-0.25, -0.2) is 0 Å². The monoisotopic (exact) mass is 278 g/mol. The molecule has 2 fully saturated rings. The summed E-state index contributed by atoms with van der Waals surface area (Å²) < 4.78 is 0. The highest BCUT2D eigenvalue weighted by Gasteiger charge is 2.34. The summed E-state index contributed by atoms with van der Waals surface area (Å²) in [7, 11) is 0. The number of nitrogens with one attached hydrogen (secondary N) is 2. The van der Waals surface area contributed by atoms with Gasteiger partial charge in [0.15, 0.2) is 0 Å². The third-order valence-electron chi connectivity index (χ3n) is 4.39. The number of amides is 1. The highest BCUT2D eigenvalue weighted by Crippen LogP contribution is 2.32. The van der Waals surface area contributed by atoms with Gasteiger partial charge in [0, 0.05) is 23.4 Å². The second-order valence-corrected chi connectivity index (χ2v) is 6.96. The van der Waals surface area contributed by atoms with Crippen LogP contribution in [0.5, 0.6) is 0 Å². The van der Waals surface area contributed by atoms with Crippen molar-refractivity contribution in [2.24, 2.45) is 5.92 Å². The van der Waals surface area contributed by atoms with Crippen molar-refractivity contribution in [3.63, 3.8) is 0 Å². The molecule has 0 aliphatic carbocycles. The van der Waals surface area contributed by atoms with E-state index in [9.17, 15) is 4.79 Å². The summed E-state index contributed by atoms with van der Waals surface area (Å²) >= 11 is 1.71. The zero-order chi connectivity index (χ0) is 13.2. The maximum atomic E-state index is 12.1. The molecule has 0 aromatic carbocycles. The van der Waals surface area contributed by atoms with Crippen LogP contribution >= 0.6 is 11.3 Å². The molecule has 2 aliphatic heterocycles. The van der Waals surface area contributed by atoms with E-state index in [0.717, 1.165) is 0 Å². The normalized spacial score (nSPS) is 31.1. The Morgan fingerprint density at radius 1 is 1.47 bits per heavy atom. The van der Waals surface area contributed by atoms with Crippen molar-refractivity contribution >= 4 is 17.2 Å². The molecule has 2 bridgehead atoms. The number of hydrogen-bond acceptors (Lipinski definition) is 3. The van der Waals surface area contributed by atoms with E-state index in [0.29, 0.717) is 24.4 Å². The number of carbonyl (C=O) groups is 1. The summed E-state index contributed by atoms with van der Waals surface area (Å²) in [5.74, 6) is 0.793. The lowest BCUT2D eigenvalue weighted by Crippen LogP contribution is -2.39. The zero-order valence-corrected chi connectivity index (χ0v) is 12.2. The van der Waals surface area contributed by atoms with Crippen molar-refractivity contribution in [1.82, 2.24) is 10.6 Å². The summed E-state index contributed by atoms with van der Waals surface area (Å²) in [6, 6.07) is 5.61. The van der Waals surface area contributed by atoms with E-state index >= 15 is 0 Å². The second kappa shape index (κ2) is 5.63. The van der Waals surface area contributed by atoms with E-state index in [-0.39, 0.29) is 11.9 Å². The van der Waals surface area contributed by atoms with Crippen LogP contribution in [0.15, 0.2) is 17.5 Å². The van der Waals surface area contributed by atoms with Crippen LogP contribution in [0.25, 0.3) is 0 Å². The molecule has 104 valence electrons. The van der Waals surface area contributed by atoms with Crippen molar-refractivity contribution in [2.45, 2.75) is 57.2 Å². The summed E-state index contributed by atoms with van der Waals surface area (Å²) in [5, 5.41) is 8.82. The molecular formula is C15H22N2OS. The van der Waals surface area contributed by atoms with Crippen LogP contribution in [0.2, 0.25) is 0 Å². The molecule has 1 aromatic heterocycles. The van der Waals surface area contributed by atoms with Crippen molar-refractivity contribution in [2.75, 3.05) is 0 Å². The number of hydrogen-bond donors (Lipinski definition) is 2. The van der Waals surface area contributed by atoms with Gasteiger partial charge in [-0.2, -0.15) is 0 Å². The van der Waals surface area contributed by atoms with E-state index in [1.807, 2.05) is 6.07 Å². The van der Waals surface area contributed by atoms with Crippen LogP contribution in [-0.2, 0) is 4.79 Å². The zero-order valence-electron chi connectivity index (χ0n) is 11.4. The van der Waals surface area contributed by atoms with E-state index in [1.165, 1.54) is 30.6 Å². The van der Waals surface area contributed by atoms with E-state index < -0.39 is 0 Å². The van der Waals surface area contributed by atoms with Crippen LogP contribution in [0.1, 0.15) is 49.9 Å². The lowest BCUT2D eigenvalue weighted by molar-refractivity contribution is -0.122. The Labute approximate surface area is 118 Å². The fourth-order valence-electron chi connectivity index (χ4n) is 3.51. The van der Waals surface area contributed by atoms with Crippen molar-refractivity contribution in [3.05, 3.63) is 22.4 Å². The minimum atomic E-state index is 0.144. The molecule has 3 rings (SSSR count). The van der Waals surface area contributed by atoms with E-state index in [2.05, 4.69) is 29.0 Å². The molecule has 19 heavy (non-hydrogen) atoms. The molecule has 3 nitrogen and oxygen atoms in total. The van der Waals surface area contributed by atoms with Gasteiger partial charge in [-0.15, -0.1) is 11.3 Å². The quantitative estimate of drug-likeness (QED) is 0.889. The largest absolute Gasteiger partial charge is 0.349 e. The maximum absolute atomic E-state index is 12.1. The predicted octanol–water partition coefficient (Wildman–Crippen LogP) is 2.85. The van der Waals surface area contributed by atoms with Crippen molar-refractivity contribution in [1.29, 1.82) is 0 Å². The molecule has 1 aromatic rings. The number of carbonyl (C=O) groups excluding carboxylic acids is 1. The van der Waals surface area contributed by atoms with Gasteiger partial charge >= 0.3 is 0 Å². The summed E-state index contributed by atoms with van der Waals surface area (Å²) in [4.78, 5) is 13.4. The van der Waals surface area contributed by atoms with E-state index in [4.69, 9.17) is 0 Å². The molecule has 0 spiro atoms. The van der Waals surface area contributed by atoms with Crippen molar-refractivity contribution in [3.8, 4) is 0 Å². The smallest absolute Gasteiger partial charge is 0.220 e. The fourth-order valence-corrected chi connectivity index (χ4v) is 4.25. The molecule has 2 saturated heterocycles. The lowest BCUT2D eigenvalue weighted by Gasteiger charge is -2.29. The van der Waals surface area contributed by atoms with Crippen LogP contribution in [-0.4, -0.2) is 18.0 Å². The van der Waals surface area contributed by atoms with Gasteiger partial charge in [-0.3, -0.25) is 4.79 Å². The first-order valence-electron chi connectivity index (χ1n) is 7.29. The SMILES string of the molecule is C[C@H](NC(=O)CC1CC2CCC(C1)N2)c1cccs1. The maximum Gasteiger partial charge on any atom is 0.220 e. The Morgan fingerprint density at radius 3 is 2.84 bits per heavy atom. The minimum absolute atomic E-state index is 0.144. The van der Waals surface area contributed by atoms with Crippen LogP contribution < -0.4 is 10.6 Å². The van der Waals surface area contributed by atoms with Crippen molar-refractivity contribution < 1.29 is 4.79 Å². The van der Waals surface area contributed by atoms with Gasteiger partial charge in [0.25, 0.3) is 0 Å². The Hall–Kier alpha value is -0.870. The highest BCUT2D eigenvalue weighted by atomic mass is 32.1. The molecule has 2 unspecified atom stereocenters. The average Bonchev–Trinajstić information content (AvgIpc) is 2.99. The Kier molecular flexibility index (Phi) is 3.89. The van der Waals surface area contributed by atoms with Gasteiger partial charge in [0.2, 0.25) is 5.91 Å². The first-order chi connectivity index (χ1) is 9.20. The molecule has 3 heterocycles. The molecule has 0 saturated carbocycles. The third kappa shape index (κ3) is 3.18.